The Hall–Kier alpha value is -5.52. The van der Waals surface area contributed by atoms with Gasteiger partial charge >= 0.3 is 17.1 Å². The van der Waals surface area contributed by atoms with Crippen LogP contribution in [0, 0.1) is 41.5 Å². The summed E-state index contributed by atoms with van der Waals surface area (Å²) in [5.74, 6) is 0. The van der Waals surface area contributed by atoms with Gasteiger partial charge in [-0.25, -0.2) is 14.4 Å². The fourth-order valence-corrected chi connectivity index (χ4v) is 6.22. The van der Waals surface area contributed by atoms with E-state index < -0.39 is 0 Å². The molecule has 0 radical (unpaired) electrons. The van der Waals surface area contributed by atoms with Gasteiger partial charge in [-0.1, -0.05) is 27.0 Å². The number of hydrogen-bond acceptors (Lipinski definition) is 6. The van der Waals surface area contributed by atoms with E-state index in [1.165, 1.54) is 18.1 Å². The van der Waals surface area contributed by atoms with E-state index >= 15 is 0 Å². The van der Waals surface area contributed by atoms with Crippen LogP contribution < -0.4 is 33.7 Å². The third-order valence-corrected chi connectivity index (χ3v) is 8.93. The Morgan fingerprint density at radius 3 is 1.43 bits per heavy atom. The van der Waals surface area contributed by atoms with Gasteiger partial charge in [0.2, 0.25) is 0 Å². The fraction of sp³-hybridized carbons (Fsp3) is 0.415. The van der Waals surface area contributed by atoms with Gasteiger partial charge in [-0.3, -0.25) is 41.3 Å². The number of pyridine rings is 3. The molecule has 0 unspecified atom stereocenters. The zero-order valence-corrected chi connectivity index (χ0v) is 31.6. The lowest BCUT2D eigenvalue weighted by atomic mass is 10.1. The van der Waals surface area contributed by atoms with E-state index in [1.54, 1.807) is 48.2 Å². The number of aromatic nitrogens is 6. The number of rotatable bonds is 3. The fourth-order valence-electron chi connectivity index (χ4n) is 6.22. The highest BCUT2D eigenvalue weighted by atomic mass is 16.2. The van der Waals surface area contributed by atoms with Crippen molar-refractivity contribution in [1.82, 2.24) is 26.9 Å². The molecule has 0 aliphatic carbocycles. The van der Waals surface area contributed by atoms with Crippen LogP contribution in [0.15, 0.2) is 83.8 Å². The SMILES string of the molecule is C.C.Cc1ccc2c(C)c(=O)n(C(C)C)c(=O)n2c1.Cc1cccn2c(=O)n(C(C)C)c(=O)c(C)c12.Cc1ccn2c(=O)n(C(C)C)c(=O)c(C)c2c1. The molecule has 0 saturated carbocycles. The van der Waals surface area contributed by atoms with Crippen molar-refractivity contribution in [1.29, 1.82) is 0 Å². The molecule has 0 fully saturated rings. The molecule has 6 aromatic rings. The average Bonchev–Trinajstić information content (AvgIpc) is 3.05. The zero-order valence-electron chi connectivity index (χ0n) is 31.6. The lowest BCUT2D eigenvalue weighted by Gasteiger charge is -2.13. The maximum Gasteiger partial charge on any atom is 0.335 e. The predicted molar refractivity (Wildman–Crippen MR) is 217 cm³/mol. The lowest BCUT2D eigenvalue weighted by Crippen LogP contribution is -2.40. The molecule has 12 heteroatoms. The summed E-state index contributed by atoms with van der Waals surface area (Å²) < 4.78 is 8.50. The molecule has 0 aromatic carbocycles. The maximum atomic E-state index is 12.2. The molecule has 12 nitrogen and oxygen atoms in total. The van der Waals surface area contributed by atoms with E-state index in [9.17, 15) is 28.8 Å². The highest BCUT2D eigenvalue weighted by Crippen LogP contribution is 2.11. The number of nitrogens with zero attached hydrogens (tertiary/aromatic N) is 6. The van der Waals surface area contributed by atoms with Crippen LogP contribution >= 0.6 is 0 Å². The predicted octanol–water partition coefficient (Wildman–Crippen LogP) is 6.25. The molecule has 53 heavy (non-hydrogen) atoms. The Morgan fingerprint density at radius 1 is 0.472 bits per heavy atom. The summed E-state index contributed by atoms with van der Waals surface area (Å²) in [5, 5.41) is 0. The molecule has 0 aliphatic rings. The molecule has 0 N–H and O–H groups in total. The Morgan fingerprint density at radius 2 is 0.925 bits per heavy atom. The van der Waals surface area contributed by atoms with Crippen molar-refractivity contribution in [2.75, 3.05) is 0 Å². The van der Waals surface area contributed by atoms with E-state index in [-0.39, 0.29) is 66.7 Å². The Bertz CT molecular complexity index is 2640. The molecular weight excluding hydrogens is 672 g/mol. The van der Waals surface area contributed by atoms with Crippen LogP contribution in [0.5, 0.6) is 0 Å². The molecule has 0 amide bonds. The largest absolute Gasteiger partial charge is 0.335 e. The van der Waals surface area contributed by atoms with Crippen LogP contribution in [0.1, 0.15) is 108 Å². The molecule has 6 rings (SSSR count). The summed E-state index contributed by atoms with van der Waals surface area (Å²) in [7, 11) is 0. The van der Waals surface area contributed by atoms with Crippen molar-refractivity contribution in [2.45, 2.75) is 116 Å². The van der Waals surface area contributed by atoms with Crippen LogP contribution in [0.4, 0.5) is 0 Å². The second-order valence-electron chi connectivity index (χ2n) is 13.9. The summed E-state index contributed by atoms with van der Waals surface area (Å²) in [6.45, 7) is 22.1. The summed E-state index contributed by atoms with van der Waals surface area (Å²) in [4.78, 5) is 73.0. The Kier molecular flexibility index (Phi) is 13.9. The minimum absolute atomic E-state index is 0. The molecule has 0 saturated heterocycles. The van der Waals surface area contributed by atoms with Crippen molar-refractivity contribution in [2.24, 2.45) is 0 Å². The second kappa shape index (κ2) is 16.9. The van der Waals surface area contributed by atoms with E-state index in [0.717, 1.165) is 22.2 Å². The minimum Gasteiger partial charge on any atom is -0.269 e. The molecule has 6 heterocycles. The van der Waals surface area contributed by atoms with Gasteiger partial charge in [0.15, 0.2) is 0 Å². The van der Waals surface area contributed by atoms with Crippen LogP contribution in [-0.2, 0) is 0 Å². The van der Waals surface area contributed by atoms with E-state index in [2.05, 4.69) is 0 Å². The average molecular weight is 729 g/mol. The van der Waals surface area contributed by atoms with Gasteiger partial charge in [0, 0.05) is 53.4 Å². The van der Waals surface area contributed by atoms with Gasteiger partial charge in [-0.15, -0.1) is 0 Å². The second-order valence-corrected chi connectivity index (χ2v) is 13.9. The van der Waals surface area contributed by atoms with E-state index in [0.29, 0.717) is 27.7 Å². The van der Waals surface area contributed by atoms with Crippen molar-refractivity contribution in [3.63, 3.8) is 0 Å². The Labute approximate surface area is 309 Å². The van der Waals surface area contributed by atoms with Crippen LogP contribution in [-0.4, -0.2) is 26.9 Å². The summed E-state index contributed by atoms with van der Waals surface area (Å²) >= 11 is 0. The minimum atomic E-state index is -0.273. The molecular formula is C41H56N6O6. The maximum absolute atomic E-state index is 12.2. The molecule has 0 aliphatic heterocycles. The topological polar surface area (TPSA) is 130 Å². The number of fused-ring (bicyclic) bond motifs is 3. The lowest BCUT2D eigenvalue weighted by molar-refractivity contribution is 0.537. The normalized spacial score (nSPS) is 10.9. The van der Waals surface area contributed by atoms with Gasteiger partial charge < -0.3 is 0 Å². The summed E-state index contributed by atoms with van der Waals surface area (Å²) in [6, 6.07) is 10.8. The molecule has 0 spiro atoms. The van der Waals surface area contributed by atoms with Crippen LogP contribution in [0.25, 0.3) is 16.6 Å². The van der Waals surface area contributed by atoms with Crippen LogP contribution in [0.2, 0.25) is 0 Å². The first-order chi connectivity index (χ1) is 23.8. The monoisotopic (exact) mass is 728 g/mol. The Balaban J connectivity index is 0.000000270. The third-order valence-electron chi connectivity index (χ3n) is 8.93. The van der Waals surface area contributed by atoms with Gasteiger partial charge in [-0.05, 0) is 124 Å². The standard InChI is InChI=1S/3C13H16N2O2.2CH4/c1-8(2)15-12(16)10(4)11-7-9(3)5-6-14(11)13(15)17;1-8(2)15-12(16)10(4)11-6-5-9(3)7-14(11)13(15)17;1-8(2)15-12(16)10(4)11-9(3)6-5-7-14(11)13(15)17;;/h3*5-8H,1-4H3;2*1H4. The zero-order chi connectivity index (χ0) is 38.2. The van der Waals surface area contributed by atoms with Crippen LogP contribution in [0.3, 0.4) is 0 Å². The van der Waals surface area contributed by atoms with E-state index in [1.807, 2.05) is 98.7 Å². The molecule has 0 atom stereocenters. The first-order valence-corrected chi connectivity index (χ1v) is 17.0. The number of hydrogen-bond donors (Lipinski definition) is 0. The quantitative estimate of drug-likeness (QED) is 0.212. The van der Waals surface area contributed by atoms with Crippen molar-refractivity contribution in [3.05, 3.63) is 151 Å². The molecule has 286 valence electrons. The third kappa shape index (κ3) is 8.11. The number of aryl methyl sites for hydroxylation is 6. The van der Waals surface area contributed by atoms with Gasteiger partial charge in [0.05, 0.1) is 16.6 Å². The smallest absolute Gasteiger partial charge is 0.269 e. The molecule has 6 aromatic heterocycles. The van der Waals surface area contributed by atoms with Crippen molar-refractivity contribution < 1.29 is 0 Å². The van der Waals surface area contributed by atoms with Gasteiger partial charge in [0.25, 0.3) is 16.7 Å². The van der Waals surface area contributed by atoms with Gasteiger partial charge in [0.1, 0.15) is 0 Å². The first kappa shape index (κ1) is 43.6. The molecule has 0 bridgehead atoms. The van der Waals surface area contributed by atoms with Crippen molar-refractivity contribution >= 4 is 16.6 Å². The summed E-state index contributed by atoms with van der Waals surface area (Å²) in [6.07, 6.45) is 5.19. The highest BCUT2D eigenvalue weighted by Gasteiger charge is 2.16. The van der Waals surface area contributed by atoms with E-state index in [4.69, 9.17) is 0 Å². The highest BCUT2D eigenvalue weighted by molar-refractivity contribution is 5.59. The summed E-state index contributed by atoms with van der Waals surface area (Å²) in [5.41, 5.74) is 5.51. The van der Waals surface area contributed by atoms with Gasteiger partial charge in [-0.2, -0.15) is 0 Å². The van der Waals surface area contributed by atoms with Crippen molar-refractivity contribution in [3.8, 4) is 0 Å². The first-order valence-electron chi connectivity index (χ1n) is 17.0.